The van der Waals surface area contributed by atoms with Crippen LogP contribution in [0.2, 0.25) is 0 Å². The zero-order chi connectivity index (χ0) is 16.5. The average Bonchev–Trinajstić information content (AvgIpc) is 2.75. The maximum Gasteiger partial charge on any atom is 0.246 e. The molecule has 0 aliphatic carbocycles. The van der Waals surface area contributed by atoms with E-state index in [4.69, 9.17) is 0 Å². The fourth-order valence-electron chi connectivity index (χ4n) is 2.30. The fourth-order valence-corrected chi connectivity index (χ4v) is 3.84. The summed E-state index contributed by atoms with van der Waals surface area (Å²) in [7, 11) is -1.99. The average molecular weight is 325 g/mol. The minimum absolute atomic E-state index is 0.249. The van der Waals surface area contributed by atoms with Crippen LogP contribution in [-0.2, 0) is 16.6 Å². The van der Waals surface area contributed by atoms with Crippen LogP contribution in [0.1, 0.15) is 23.9 Å². The van der Waals surface area contributed by atoms with E-state index in [2.05, 4.69) is 5.10 Å². The Balaban J connectivity index is 2.41. The van der Waals surface area contributed by atoms with E-state index in [9.17, 15) is 12.8 Å². The zero-order valence-electron chi connectivity index (χ0n) is 13.2. The Morgan fingerprint density at radius 1 is 1.23 bits per heavy atom. The molecule has 0 aliphatic rings. The van der Waals surface area contributed by atoms with Crippen LogP contribution in [0, 0.1) is 19.7 Å². The molecular weight excluding hydrogens is 305 g/mol. The molecule has 0 N–H and O–H groups in total. The van der Waals surface area contributed by atoms with E-state index in [-0.39, 0.29) is 10.7 Å². The first-order valence-corrected chi connectivity index (χ1v) is 8.46. The van der Waals surface area contributed by atoms with Crippen LogP contribution in [0.15, 0.2) is 29.2 Å². The van der Waals surface area contributed by atoms with Gasteiger partial charge in [-0.15, -0.1) is 0 Å². The normalized spacial score (nSPS) is 12.1. The smallest absolute Gasteiger partial charge is 0.246 e. The molecule has 2 aromatic rings. The van der Waals surface area contributed by atoms with Gasteiger partial charge in [-0.2, -0.15) is 5.10 Å². The van der Waals surface area contributed by atoms with Gasteiger partial charge < -0.3 is 0 Å². The van der Waals surface area contributed by atoms with E-state index in [0.717, 1.165) is 5.56 Å². The van der Waals surface area contributed by atoms with Gasteiger partial charge in [-0.1, -0.05) is 19.1 Å². The summed E-state index contributed by atoms with van der Waals surface area (Å²) in [6, 6.07) is 6.09. The molecule has 22 heavy (non-hydrogen) atoms. The van der Waals surface area contributed by atoms with Crippen LogP contribution in [0.5, 0.6) is 0 Å². The molecule has 1 heterocycles. The number of sulfonamides is 1. The predicted molar refractivity (Wildman–Crippen MR) is 82.7 cm³/mol. The van der Waals surface area contributed by atoms with Gasteiger partial charge in [0.2, 0.25) is 10.0 Å². The molecule has 0 amide bonds. The van der Waals surface area contributed by atoms with Crippen molar-refractivity contribution in [3.8, 4) is 0 Å². The summed E-state index contributed by atoms with van der Waals surface area (Å²) < 4.78 is 41.0. The number of aromatic nitrogens is 2. The number of benzene rings is 1. The molecule has 1 aromatic heterocycles. The second kappa shape index (κ2) is 6.18. The van der Waals surface area contributed by atoms with Crippen molar-refractivity contribution in [1.29, 1.82) is 0 Å². The second-order valence-corrected chi connectivity index (χ2v) is 7.18. The van der Waals surface area contributed by atoms with Gasteiger partial charge in [0.25, 0.3) is 0 Å². The summed E-state index contributed by atoms with van der Waals surface area (Å²) in [5.74, 6) is -0.301. The molecule has 0 fully saturated rings. The summed E-state index contributed by atoms with van der Waals surface area (Å²) in [4.78, 5) is 0.249. The maximum atomic E-state index is 12.9. The van der Waals surface area contributed by atoms with Crippen molar-refractivity contribution in [1.82, 2.24) is 14.1 Å². The van der Waals surface area contributed by atoms with Crippen molar-refractivity contribution in [3.05, 3.63) is 47.0 Å². The summed E-state index contributed by atoms with van der Waals surface area (Å²) in [5.41, 5.74) is 1.92. The third-order valence-electron chi connectivity index (χ3n) is 3.67. The quantitative estimate of drug-likeness (QED) is 0.848. The molecule has 0 bridgehead atoms. The van der Waals surface area contributed by atoms with Crippen LogP contribution in [0.4, 0.5) is 4.39 Å². The highest BCUT2D eigenvalue weighted by atomic mass is 32.2. The van der Waals surface area contributed by atoms with E-state index < -0.39 is 10.0 Å². The number of hydrogen-bond donors (Lipinski definition) is 0. The van der Waals surface area contributed by atoms with Crippen LogP contribution in [0.3, 0.4) is 0 Å². The minimum atomic E-state index is -3.54. The summed E-state index contributed by atoms with van der Waals surface area (Å²) in [6.45, 7) is 6.00. The highest BCUT2D eigenvalue weighted by molar-refractivity contribution is 7.89. The van der Waals surface area contributed by atoms with E-state index in [0.29, 0.717) is 24.5 Å². The molecule has 120 valence electrons. The minimum Gasteiger partial charge on any atom is -0.264 e. The molecule has 5 nitrogen and oxygen atoms in total. The molecule has 7 heteroatoms. The maximum absolute atomic E-state index is 12.9. The Labute approximate surface area is 130 Å². The van der Waals surface area contributed by atoms with Crippen molar-refractivity contribution in [2.45, 2.75) is 32.2 Å². The highest BCUT2D eigenvalue weighted by Crippen LogP contribution is 2.23. The molecule has 0 saturated heterocycles. The lowest BCUT2D eigenvalue weighted by molar-refractivity contribution is 0.485. The highest BCUT2D eigenvalue weighted by Gasteiger charge is 2.27. The first-order valence-electron chi connectivity index (χ1n) is 7.02. The molecule has 0 saturated carbocycles. The number of aryl methyl sites for hydroxylation is 1. The Morgan fingerprint density at radius 3 is 2.36 bits per heavy atom. The second-order valence-electron chi connectivity index (χ2n) is 5.20. The summed E-state index contributed by atoms with van der Waals surface area (Å²) in [5, 5.41) is 4.33. The Morgan fingerprint density at radius 2 is 1.82 bits per heavy atom. The van der Waals surface area contributed by atoms with E-state index in [1.54, 1.807) is 44.6 Å². The largest absolute Gasteiger partial charge is 0.264 e. The van der Waals surface area contributed by atoms with Crippen LogP contribution in [0.25, 0.3) is 0 Å². The number of nitrogens with zero attached hydrogens (tertiary/aromatic N) is 3. The van der Waals surface area contributed by atoms with Gasteiger partial charge in [0, 0.05) is 13.6 Å². The summed E-state index contributed by atoms with van der Waals surface area (Å²) in [6.07, 6.45) is 0. The van der Waals surface area contributed by atoms with Gasteiger partial charge >= 0.3 is 0 Å². The lowest BCUT2D eigenvalue weighted by atomic mass is 10.2. The van der Waals surface area contributed by atoms with Crippen molar-refractivity contribution in [3.63, 3.8) is 0 Å². The first-order chi connectivity index (χ1) is 10.3. The van der Waals surface area contributed by atoms with Crippen molar-refractivity contribution >= 4 is 10.0 Å². The van der Waals surface area contributed by atoms with Gasteiger partial charge in [-0.3, -0.25) is 4.68 Å². The van der Waals surface area contributed by atoms with E-state index >= 15 is 0 Å². The molecule has 0 unspecified atom stereocenters. The molecule has 0 atom stereocenters. The number of halogens is 1. The molecule has 2 rings (SSSR count). The molecule has 0 radical (unpaired) electrons. The van der Waals surface area contributed by atoms with Crippen molar-refractivity contribution in [2.75, 3.05) is 13.6 Å². The van der Waals surface area contributed by atoms with Crippen molar-refractivity contribution < 1.29 is 12.8 Å². The lowest BCUT2D eigenvalue weighted by Crippen LogP contribution is -2.27. The number of hydrogen-bond acceptors (Lipinski definition) is 3. The topological polar surface area (TPSA) is 55.2 Å². The van der Waals surface area contributed by atoms with Crippen molar-refractivity contribution in [2.24, 2.45) is 0 Å². The number of rotatable bonds is 5. The van der Waals surface area contributed by atoms with Gasteiger partial charge in [0.05, 0.1) is 17.9 Å². The molecule has 1 aromatic carbocycles. The van der Waals surface area contributed by atoms with Gasteiger partial charge in [-0.05, 0) is 31.5 Å². The zero-order valence-corrected chi connectivity index (χ0v) is 14.0. The molecular formula is C15H20FN3O2S. The van der Waals surface area contributed by atoms with E-state index in [1.165, 1.54) is 16.4 Å². The van der Waals surface area contributed by atoms with Crippen LogP contribution >= 0.6 is 0 Å². The van der Waals surface area contributed by atoms with Crippen LogP contribution in [-0.4, -0.2) is 36.1 Å². The summed E-state index contributed by atoms with van der Waals surface area (Å²) >= 11 is 0. The molecule has 0 spiro atoms. The van der Waals surface area contributed by atoms with Gasteiger partial charge in [0.1, 0.15) is 10.7 Å². The molecule has 0 aliphatic heterocycles. The third kappa shape index (κ3) is 3.05. The van der Waals surface area contributed by atoms with Gasteiger partial charge in [-0.25, -0.2) is 17.1 Å². The lowest BCUT2D eigenvalue weighted by Gasteiger charge is -2.15. The standard InChI is InChI=1S/C15H20FN3O2S/c1-5-18(4)22(20,21)15-11(2)17-19(12(15)3)10-13-6-8-14(16)9-7-13/h6-9H,5,10H2,1-4H3. The third-order valence-corrected chi connectivity index (χ3v) is 5.86. The Hall–Kier alpha value is -1.73. The van der Waals surface area contributed by atoms with Gasteiger partial charge in [0.15, 0.2) is 0 Å². The Kier molecular flexibility index (Phi) is 4.67. The first kappa shape index (κ1) is 16.6. The van der Waals surface area contributed by atoms with E-state index in [1.807, 2.05) is 0 Å². The SMILES string of the molecule is CCN(C)S(=O)(=O)c1c(C)nn(Cc2ccc(F)cc2)c1C. The monoisotopic (exact) mass is 325 g/mol. The van der Waals surface area contributed by atoms with Crippen LogP contribution < -0.4 is 0 Å². The predicted octanol–water partition coefficient (Wildman–Crippen LogP) is 2.33. The fraction of sp³-hybridized carbons (Fsp3) is 0.400. The Bertz CT molecular complexity index is 767.